The molecule has 1 aromatic carbocycles. The van der Waals surface area contributed by atoms with E-state index in [9.17, 15) is 4.79 Å². The maximum atomic E-state index is 11.3. The molecule has 2 aromatic heterocycles. The quantitative estimate of drug-likeness (QED) is 0.722. The van der Waals surface area contributed by atoms with Crippen LogP contribution in [-0.4, -0.2) is 14.8 Å². The second kappa shape index (κ2) is 3.90. The number of hydrogen-bond acceptors (Lipinski definition) is 2. The Morgan fingerprint density at radius 2 is 1.94 bits per heavy atom. The third kappa shape index (κ3) is 1.85. The second-order valence-electron chi connectivity index (χ2n) is 3.91. The van der Waals surface area contributed by atoms with E-state index in [2.05, 4.69) is 10.1 Å². The van der Waals surface area contributed by atoms with Gasteiger partial charge in [-0.25, -0.2) is 4.68 Å². The van der Waals surface area contributed by atoms with Gasteiger partial charge in [0.15, 0.2) is 0 Å². The van der Waals surface area contributed by atoms with Crippen molar-refractivity contribution in [1.82, 2.24) is 14.8 Å². The lowest BCUT2D eigenvalue weighted by Gasteiger charge is -2.02. The molecule has 0 spiro atoms. The third-order valence-corrected chi connectivity index (χ3v) is 2.70. The maximum absolute atomic E-state index is 11.3. The van der Waals surface area contributed by atoms with Crippen LogP contribution in [0.4, 0.5) is 0 Å². The Labute approximate surface area is 97.5 Å². The van der Waals surface area contributed by atoms with Gasteiger partial charge in [-0.2, -0.15) is 5.10 Å². The van der Waals surface area contributed by atoms with Gasteiger partial charge in [0, 0.05) is 11.5 Å². The molecule has 4 nitrogen and oxygen atoms in total. The zero-order valence-electron chi connectivity index (χ0n) is 9.13. The molecule has 84 valence electrons. The van der Waals surface area contributed by atoms with Crippen molar-refractivity contribution in [3.63, 3.8) is 0 Å². The normalized spacial score (nSPS) is 10.8. The molecule has 0 saturated heterocycles. The monoisotopic (exact) mass is 225 g/mol. The first-order valence-corrected chi connectivity index (χ1v) is 5.42. The van der Waals surface area contributed by atoms with E-state index in [4.69, 9.17) is 0 Å². The summed E-state index contributed by atoms with van der Waals surface area (Å²) in [5.74, 6) is 0. The fraction of sp³-hybridized carbons (Fsp3) is 0.0769. The second-order valence-corrected chi connectivity index (χ2v) is 3.91. The van der Waals surface area contributed by atoms with Crippen molar-refractivity contribution in [3.05, 3.63) is 64.6 Å². The van der Waals surface area contributed by atoms with Crippen molar-refractivity contribution in [1.29, 1.82) is 0 Å². The van der Waals surface area contributed by atoms with Crippen molar-refractivity contribution < 1.29 is 0 Å². The number of pyridine rings is 1. The van der Waals surface area contributed by atoms with Crippen LogP contribution in [-0.2, 0) is 6.54 Å². The number of H-pyrrole nitrogens is 1. The van der Waals surface area contributed by atoms with Crippen LogP contribution in [0, 0.1) is 0 Å². The summed E-state index contributed by atoms with van der Waals surface area (Å²) in [6, 6.07) is 13.3. The highest BCUT2D eigenvalue weighted by atomic mass is 16.1. The molecule has 2 heterocycles. The van der Waals surface area contributed by atoms with Crippen LogP contribution in [0.3, 0.4) is 0 Å². The minimum Gasteiger partial charge on any atom is -0.307 e. The molecule has 1 N–H and O–H groups in total. The molecule has 0 fully saturated rings. The number of fused-ring (bicyclic) bond motifs is 1. The molecule has 0 radical (unpaired) electrons. The van der Waals surface area contributed by atoms with Gasteiger partial charge in [-0.05, 0) is 11.6 Å². The van der Waals surface area contributed by atoms with E-state index in [1.165, 1.54) is 6.07 Å². The third-order valence-electron chi connectivity index (χ3n) is 2.70. The summed E-state index contributed by atoms with van der Waals surface area (Å²) in [7, 11) is 0. The van der Waals surface area contributed by atoms with Crippen molar-refractivity contribution in [2.75, 3.05) is 0 Å². The summed E-state index contributed by atoms with van der Waals surface area (Å²) in [5, 5.41) is 5.22. The largest absolute Gasteiger partial charge is 0.307 e. The molecule has 3 aromatic rings. The topological polar surface area (TPSA) is 50.7 Å². The lowest BCUT2D eigenvalue weighted by atomic mass is 10.2. The van der Waals surface area contributed by atoms with E-state index in [0.29, 0.717) is 6.54 Å². The van der Waals surface area contributed by atoms with Crippen LogP contribution in [0.2, 0.25) is 0 Å². The highest BCUT2D eigenvalue weighted by molar-refractivity contribution is 5.73. The summed E-state index contributed by atoms with van der Waals surface area (Å²) in [6.45, 7) is 0.657. The Morgan fingerprint density at radius 1 is 1.12 bits per heavy atom. The van der Waals surface area contributed by atoms with Crippen LogP contribution >= 0.6 is 0 Å². The summed E-state index contributed by atoms with van der Waals surface area (Å²) < 4.78 is 1.80. The number of nitrogens with zero attached hydrogens (tertiary/aromatic N) is 2. The SMILES string of the molecule is O=c1ccc2cnn(Cc3ccccc3)c2[nH]1. The number of hydrogen-bond donors (Lipinski definition) is 1. The summed E-state index contributed by atoms with van der Waals surface area (Å²) in [6.07, 6.45) is 1.76. The van der Waals surface area contributed by atoms with Gasteiger partial charge in [-0.15, -0.1) is 0 Å². The summed E-state index contributed by atoms with van der Waals surface area (Å²) in [5.41, 5.74) is 1.82. The van der Waals surface area contributed by atoms with Crippen molar-refractivity contribution in [3.8, 4) is 0 Å². The predicted molar refractivity (Wildman–Crippen MR) is 65.9 cm³/mol. The van der Waals surface area contributed by atoms with Crippen LogP contribution in [0.25, 0.3) is 11.0 Å². The molecule has 0 aliphatic rings. The smallest absolute Gasteiger partial charge is 0.249 e. The Hall–Kier alpha value is -2.36. The van der Waals surface area contributed by atoms with Gasteiger partial charge >= 0.3 is 0 Å². The minimum atomic E-state index is -0.104. The zero-order chi connectivity index (χ0) is 11.7. The molecular weight excluding hydrogens is 214 g/mol. The first-order valence-electron chi connectivity index (χ1n) is 5.42. The first kappa shape index (κ1) is 9.84. The van der Waals surface area contributed by atoms with Crippen LogP contribution in [0.15, 0.2) is 53.5 Å². The molecule has 0 atom stereocenters. The fourth-order valence-corrected chi connectivity index (χ4v) is 1.86. The highest BCUT2D eigenvalue weighted by Gasteiger charge is 2.03. The van der Waals surface area contributed by atoms with E-state index in [0.717, 1.165) is 16.6 Å². The van der Waals surface area contributed by atoms with E-state index >= 15 is 0 Å². The molecule has 0 saturated carbocycles. The van der Waals surface area contributed by atoms with Gasteiger partial charge in [0.05, 0.1) is 12.7 Å². The highest BCUT2D eigenvalue weighted by Crippen LogP contribution is 2.10. The standard InChI is InChI=1S/C13H11N3O/c17-12-7-6-11-8-14-16(13(11)15-12)9-10-4-2-1-3-5-10/h1-8H,9H2,(H,15,17). The molecular formula is C13H11N3O. The Kier molecular flexibility index (Phi) is 2.26. The molecule has 17 heavy (non-hydrogen) atoms. The predicted octanol–water partition coefficient (Wildman–Crippen LogP) is 1.77. The van der Waals surface area contributed by atoms with E-state index in [1.807, 2.05) is 30.3 Å². The fourth-order valence-electron chi connectivity index (χ4n) is 1.86. The lowest BCUT2D eigenvalue weighted by Crippen LogP contribution is -2.08. The molecule has 4 heteroatoms. The molecule has 0 aliphatic heterocycles. The average Bonchev–Trinajstić information content (AvgIpc) is 2.73. The van der Waals surface area contributed by atoms with Crippen molar-refractivity contribution >= 4 is 11.0 Å². The number of rotatable bonds is 2. The molecule has 0 unspecified atom stereocenters. The molecule has 3 rings (SSSR count). The summed E-state index contributed by atoms with van der Waals surface area (Å²) in [4.78, 5) is 14.1. The van der Waals surface area contributed by atoms with Crippen molar-refractivity contribution in [2.45, 2.75) is 6.54 Å². The summed E-state index contributed by atoms with van der Waals surface area (Å²) >= 11 is 0. The first-order chi connectivity index (χ1) is 8.33. The maximum Gasteiger partial charge on any atom is 0.249 e. The van der Waals surface area contributed by atoms with Crippen molar-refractivity contribution in [2.24, 2.45) is 0 Å². The zero-order valence-corrected chi connectivity index (χ0v) is 9.13. The van der Waals surface area contributed by atoms with E-state index < -0.39 is 0 Å². The number of benzene rings is 1. The number of aromatic nitrogens is 3. The Bertz CT molecular complexity index is 697. The van der Waals surface area contributed by atoms with Crippen LogP contribution in [0.1, 0.15) is 5.56 Å². The Morgan fingerprint density at radius 3 is 2.76 bits per heavy atom. The number of nitrogens with one attached hydrogen (secondary N) is 1. The minimum absolute atomic E-state index is 0.104. The van der Waals surface area contributed by atoms with Gasteiger partial charge < -0.3 is 4.98 Å². The van der Waals surface area contributed by atoms with Gasteiger partial charge in [0.2, 0.25) is 5.56 Å². The van der Waals surface area contributed by atoms with Crippen LogP contribution in [0.5, 0.6) is 0 Å². The Balaban J connectivity index is 2.06. The molecule has 0 aliphatic carbocycles. The molecule has 0 bridgehead atoms. The van der Waals surface area contributed by atoms with E-state index in [-0.39, 0.29) is 5.56 Å². The van der Waals surface area contributed by atoms with Gasteiger partial charge in [0.25, 0.3) is 0 Å². The van der Waals surface area contributed by atoms with E-state index in [1.54, 1.807) is 16.9 Å². The lowest BCUT2D eigenvalue weighted by molar-refractivity contribution is 0.703. The number of aromatic amines is 1. The van der Waals surface area contributed by atoms with Gasteiger partial charge in [-0.3, -0.25) is 4.79 Å². The van der Waals surface area contributed by atoms with Gasteiger partial charge in [0.1, 0.15) is 5.65 Å². The average molecular weight is 225 g/mol. The van der Waals surface area contributed by atoms with Gasteiger partial charge in [-0.1, -0.05) is 30.3 Å². The van der Waals surface area contributed by atoms with Crippen LogP contribution < -0.4 is 5.56 Å². The molecule has 0 amide bonds.